The molecule has 2 rings (SSSR count). The van der Waals surface area contributed by atoms with Gasteiger partial charge in [0.25, 0.3) is 5.91 Å². The second-order valence-corrected chi connectivity index (χ2v) is 6.98. The van der Waals surface area contributed by atoms with Gasteiger partial charge in [0, 0.05) is 24.8 Å². The summed E-state index contributed by atoms with van der Waals surface area (Å²) in [7, 11) is 0. The van der Waals surface area contributed by atoms with Gasteiger partial charge in [-0.3, -0.25) is 14.3 Å². The third-order valence-corrected chi connectivity index (χ3v) is 4.50. The average Bonchev–Trinajstić information content (AvgIpc) is 2.94. The number of nitrogens with one attached hydrogen (secondary N) is 2. The highest BCUT2D eigenvalue weighted by Crippen LogP contribution is 2.22. The summed E-state index contributed by atoms with van der Waals surface area (Å²) in [5.41, 5.74) is 1.74. The van der Waals surface area contributed by atoms with Gasteiger partial charge < -0.3 is 15.4 Å². The fourth-order valence-electron chi connectivity index (χ4n) is 2.60. The van der Waals surface area contributed by atoms with Crippen LogP contribution in [0.2, 0.25) is 5.15 Å². The molecule has 8 nitrogen and oxygen atoms in total. The first-order chi connectivity index (χ1) is 13.7. The van der Waals surface area contributed by atoms with Gasteiger partial charge in [-0.15, -0.1) is 0 Å². The molecule has 1 atom stereocenters. The van der Waals surface area contributed by atoms with E-state index in [2.05, 4.69) is 15.7 Å². The quantitative estimate of drug-likeness (QED) is 0.632. The summed E-state index contributed by atoms with van der Waals surface area (Å²) in [4.78, 5) is 35.9. The Morgan fingerprint density at radius 3 is 2.31 bits per heavy atom. The van der Waals surface area contributed by atoms with Crippen molar-refractivity contribution in [3.63, 3.8) is 0 Å². The van der Waals surface area contributed by atoms with Gasteiger partial charge in [-0.2, -0.15) is 5.10 Å². The Kier molecular flexibility index (Phi) is 7.78. The second-order valence-electron chi connectivity index (χ2n) is 6.62. The molecule has 0 aliphatic rings. The van der Waals surface area contributed by atoms with E-state index in [1.165, 1.54) is 13.8 Å². The van der Waals surface area contributed by atoms with E-state index in [4.69, 9.17) is 16.3 Å². The van der Waals surface area contributed by atoms with Crippen molar-refractivity contribution < 1.29 is 19.1 Å². The molecular weight excluding hydrogens is 396 g/mol. The number of anilines is 2. The molecule has 0 saturated carbocycles. The van der Waals surface area contributed by atoms with Gasteiger partial charge in [-0.25, -0.2) is 4.79 Å². The van der Waals surface area contributed by atoms with Gasteiger partial charge in [0.2, 0.25) is 5.91 Å². The number of carbonyl (C=O) groups excluding carboxylic acids is 3. The Hall–Kier alpha value is -2.87. The summed E-state index contributed by atoms with van der Waals surface area (Å²) in [5, 5.41) is 9.78. The molecule has 0 aliphatic carbocycles. The van der Waals surface area contributed by atoms with Crippen molar-refractivity contribution in [1.82, 2.24) is 9.78 Å². The van der Waals surface area contributed by atoms with E-state index in [1.54, 1.807) is 35.9 Å². The molecule has 9 heteroatoms. The Morgan fingerprint density at radius 2 is 1.76 bits per heavy atom. The van der Waals surface area contributed by atoms with Crippen LogP contribution < -0.4 is 10.6 Å². The number of amides is 2. The van der Waals surface area contributed by atoms with Gasteiger partial charge in [0.1, 0.15) is 10.7 Å². The summed E-state index contributed by atoms with van der Waals surface area (Å²) >= 11 is 6.27. The smallest absolute Gasteiger partial charge is 0.343 e. The molecule has 2 N–H and O–H groups in total. The van der Waals surface area contributed by atoms with Crippen LogP contribution in [0.15, 0.2) is 24.3 Å². The lowest BCUT2D eigenvalue weighted by Gasteiger charge is -2.14. The molecule has 156 valence electrons. The topological polar surface area (TPSA) is 102 Å². The lowest BCUT2D eigenvalue weighted by atomic mass is 10.2. The summed E-state index contributed by atoms with van der Waals surface area (Å²) in [6.07, 6.45) is 0.819. The summed E-state index contributed by atoms with van der Waals surface area (Å²) < 4.78 is 6.85. The molecule has 0 spiro atoms. The van der Waals surface area contributed by atoms with Gasteiger partial charge in [-0.1, -0.05) is 24.9 Å². The molecule has 1 aromatic carbocycles. The van der Waals surface area contributed by atoms with Crippen LogP contribution in [-0.4, -0.2) is 33.7 Å². The maximum atomic E-state index is 12.5. The van der Waals surface area contributed by atoms with Gasteiger partial charge >= 0.3 is 5.97 Å². The minimum atomic E-state index is -1.04. The molecule has 0 saturated heterocycles. The number of nitrogens with zero attached hydrogens (tertiary/aromatic N) is 2. The number of benzene rings is 1. The first-order valence-corrected chi connectivity index (χ1v) is 9.73. The third kappa shape index (κ3) is 6.05. The number of aryl methyl sites for hydroxylation is 2. The van der Waals surface area contributed by atoms with Crippen molar-refractivity contribution in [2.24, 2.45) is 0 Å². The Labute approximate surface area is 174 Å². The van der Waals surface area contributed by atoms with E-state index < -0.39 is 18.0 Å². The van der Waals surface area contributed by atoms with Crippen LogP contribution in [0, 0.1) is 6.92 Å². The van der Waals surface area contributed by atoms with Crippen LogP contribution in [0.1, 0.15) is 49.7 Å². The van der Waals surface area contributed by atoms with Crippen molar-refractivity contribution in [3.8, 4) is 0 Å². The molecule has 2 amide bonds. The fourth-order valence-corrected chi connectivity index (χ4v) is 2.93. The number of hydrogen-bond donors (Lipinski definition) is 2. The standard InChI is InChI=1S/C20H25ClN4O4/c1-5-6-11-25-18(21)17(12(2)24-25)20(28)29-13(3)19(27)23-16-9-7-15(8-10-16)22-14(4)26/h7-10,13H,5-6,11H2,1-4H3,(H,22,26)(H,23,27)/t13-/m0/s1. The van der Waals surface area contributed by atoms with E-state index in [0.717, 1.165) is 12.8 Å². The van der Waals surface area contributed by atoms with Crippen LogP contribution in [0.3, 0.4) is 0 Å². The minimum absolute atomic E-state index is 0.169. The van der Waals surface area contributed by atoms with Gasteiger partial charge in [0.05, 0.1) is 5.69 Å². The number of carbonyl (C=O) groups is 3. The maximum Gasteiger partial charge on any atom is 0.343 e. The van der Waals surface area contributed by atoms with Crippen molar-refractivity contribution in [2.45, 2.75) is 53.2 Å². The second kappa shape index (κ2) is 10.1. The van der Waals surface area contributed by atoms with E-state index in [1.807, 2.05) is 6.92 Å². The highest BCUT2D eigenvalue weighted by Gasteiger charge is 2.25. The summed E-state index contributed by atoms with van der Waals surface area (Å²) in [6, 6.07) is 6.58. The zero-order valence-electron chi connectivity index (χ0n) is 16.9. The number of esters is 1. The Balaban J connectivity index is 1.99. The molecular formula is C20H25ClN4O4. The van der Waals surface area contributed by atoms with Crippen LogP contribution in [-0.2, 0) is 20.9 Å². The number of aromatic nitrogens is 2. The van der Waals surface area contributed by atoms with Crippen LogP contribution in [0.4, 0.5) is 11.4 Å². The zero-order chi connectivity index (χ0) is 21.6. The summed E-state index contributed by atoms with van der Waals surface area (Å²) in [6.45, 7) is 7.21. The molecule has 0 unspecified atom stereocenters. The van der Waals surface area contributed by atoms with Crippen molar-refractivity contribution >= 4 is 40.8 Å². The lowest BCUT2D eigenvalue weighted by Crippen LogP contribution is -2.30. The average molecular weight is 421 g/mol. The monoisotopic (exact) mass is 420 g/mol. The summed E-state index contributed by atoms with van der Waals surface area (Å²) in [5.74, 6) is -1.37. The normalized spacial score (nSPS) is 11.6. The zero-order valence-corrected chi connectivity index (χ0v) is 17.7. The van der Waals surface area contributed by atoms with E-state index in [9.17, 15) is 14.4 Å². The number of unbranched alkanes of at least 4 members (excludes halogenated alkanes) is 1. The highest BCUT2D eigenvalue weighted by molar-refractivity contribution is 6.32. The molecule has 1 heterocycles. The number of halogens is 1. The molecule has 1 aromatic heterocycles. The highest BCUT2D eigenvalue weighted by atomic mass is 35.5. The largest absolute Gasteiger partial charge is 0.449 e. The van der Waals surface area contributed by atoms with Gasteiger partial charge in [0.15, 0.2) is 6.10 Å². The number of hydrogen-bond acceptors (Lipinski definition) is 5. The predicted molar refractivity (Wildman–Crippen MR) is 111 cm³/mol. The van der Waals surface area contributed by atoms with Crippen LogP contribution in [0.5, 0.6) is 0 Å². The maximum absolute atomic E-state index is 12.5. The first kappa shape index (κ1) is 22.4. The fraction of sp³-hybridized carbons (Fsp3) is 0.400. The SMILES string of the molecule is CCCCn1nc(C)c(C(=O)O[C@@H](C)C(=O)Nc2ccc(NC(C)=O)cc2)c1Cl. The lowest BCUT2D eigenvalue weighted by molar-refractivity contribution is -0.123. The van der Waals surface area contributed by atoms with Crippen molar-refractivity contribution in [3.05, 3.63) is 40.7 Å². The Morgan fingerprint density at radius 1 is 1.17 bits per heavy atom. The molecule has 0 aliphatic heterocycles. The number of ether oxygens (including phenoxy) is 1. The van der Waals surface area contributed by atoms with Crippen molar-refractivity contribution in [2.75, 3.05) is 10.6 Å². The van der Waals surface area contributed by atoms with Crippen LogP contribution >= 0.6 is 11.6 Å². The van der Waals surface area contributed by atoms with E-state index >= 15 is 0 Å². The van der Waals surface area contributed by atoms with Crippen LogP contribution in [0.25, 0.3) is 0 Å². The minimum Gasteiger partial charge on any atom is -0.449 e. The van der Waals surface area contributed by atoms with E-state index in [-0.39, 0.29) is 16.6 Å². The number of rotatable bonds is 8. The predicted octanol–water partition coefficient (Wildman–Crippen LogP) is 3.79. The van der Waals surface area contributed by atoms with Crippen molar-refractivity contribution in [1.29, 1.82) is 0 Å². The van der Waals surface area contributed by atoms with E-state index in [0.29, 0.717) is 23.6 Å². The molecule has 0 radical (unpaired) electrons. The first-order valence-electron chi connectivity index (χ1n) is 9.35. The Bertz CT molecular complexity index is 893. The molecule has 0 bridgehead atoms. The third-order valence-electron chi connectivity index (χ3n) is 4.12. The molecule has 29 heavy (non-hydrogen) atoms. The molecule has 0 fully saturated rings. The van der Waals surface area contributed by atoms with Gasteiger partial charge in [-0.05, 0) is 44.5 Å². The molecule has 2 aromatic rings.